The molecule has 0 spiro atoms. The molecule has 1 saturated heterocycles. The zero-order valence-electron chi connectivity index (χ0n) is 15.8. The molecule has 0 saturated carbocycles. The summed E-state index contributed by atoms with van der Waals surface area (Å²) in [5.74, 6) is -1.49. The van der Waals surface area contributed by atoms with Gasteiger partial charge in [-0.1, -0.05) is 6.07 Å². The van der Waals surface area contributed by atoms with Crippen molar-refractivity contribution in [2.24, 2.45) is 0 Å². The number of anilines is 1. The number of morpholine rings is 1. The second-order valence-electron chi connectivity index (χ2n) is 6.17. The van der Waals surface area contributed by atoms with Gasteiger partial charge in [0.1, 0.15) is 12.4 Å². The third-order valence-electron chi connectivity index (χ3n) is 4.54. The minimum atomic E-state index is -0.686. The molecule has 0 atom stereocenters. The first-order chi connectivity index (χ1) is 13.6. The topological polar surface area (TPSA) is 94.6 Å². The summed E-state index contributed by atoms with van der Waals surface area (Å²) in [6, 6.07) is 6.80. The van der Waals surface area contributed by atoms with Crippen molar-refractivity contribution in [3.8, 4) is 0 Å². The number of rotatable bonds is 4. The smallest absolute Gasteiger partial charge is 0.355 e. The van der Waals surface area contributed by atoms with Crippen LogP contribution in [0.2, 0.25) is 0 Å². The molecule has 1 amide bonds. The normalized spacial score (nSPS) is 17.4. The highest BCUT2D eigenvalue weighted by molar-refractivity contribution is 6.03. The van der Waals surface area contributed by atoms with E-state index in [-0.39, 0.29) is 30.5 Å². The van der Waals surface area contributed by atoms with Gasteiger partial charge in [-0.25, -0.2) is 9.59 Å². The molecule has 2 aliphatic rings. The van der Waals surface area contributed by atoms with E-state index >= 15 is 0 Å². The Bertz CT molecular complexity index is 799. The van der Waals surface area contributed by atoms with Crippen molar-refractivity contribution in [2.75, 3.05) is 58.8 Å². The molecule has 9 heteroatoms. The predicted octanol–water partition coefficient (Wildman–Crippen LogP) is 0.553. The molecule has 0 radical (unpaired) electrons. The highest BCUT2D eigenvalue weighted by Gasteiger charge is 2.32. The molecule has 0 unspecified atom stereocenters. The van der Waals surface area contributed by atoms with Gasteiger partial charge in [-0.15, -0.1) is 0 Å². The van der Waals surface area contributed by atoms with E-state index in [0.717, 1.165) is 0 Å². The molecule has 2 heterocycles. The Morgan fingerprint density at radius 1 is 1.00 bits per heavy atom. The number of nitrogens with zero attached hydrogens (tertiary/aromatic N) is 2. The molecular weight excluding hydrogens is 368 g/mol. The number of benzene rings is 1. The monoisotopic (exact) mass is 390 g/mol. The number of carbonyl (C=O) groups excluding carboxylic acids is 3. The summed E-state index contributed by atoms with van der Waals surface area (Å²) in [5, 5.41) is 0. The number of methoxy groups -OCH3 is 2. The second kappa shape index (κ2) is 8.85. The van der Waals surface area contributed by atoms with Crippen LogP contribution in [0.3, 0.4) is 0 Å². The first-order valence-corrected chi connectivity index (χ1v) is 8.79. The maximum Gasteiger partial charge on any atom is 0.355 e. The lowest BCUT2D eigenvalue weighted by Gasteiger charge is -2.32. The van der Waals surface area contributed by atoms with Crippen LogP contribution >= 0.6 is 0 Å². The Balaban J connectivity index is 1.96. The summed E-state index contributed by atoms with van der Waals surface area (Å²) in [6.45, 7) is 2.01. The van der Waals surface area contributed by atoms with E-state index in [1.54, 1.807) is 29.2 Å². The molecule has 0 aliphatic carbocycles. The van der Waals surface area contributed by atoms with Crippen LogP contribution in [-0.2, 0) is 28.5 Å². The Kier molecular flexibility index (Phi) is 6.27. The lowest BCUT2D eigenvalue weighted by Crippen LogP contribution is -2.41. The third kappa shape index (κ3) is 4.00. The molecule has 0 aromatic heterocycles. The van der Waals surface area contributed by atoms with Gasteiger partial charge in [0, 0.05) is 24.3 Å². The van der Waals surface area contributed by atoms with E-state index < -0.39 is 11.9 Å². The number of ether oxygens (including phenoxy) is 4. The zero-order valence-corrected chi connectivity index (χ0v) is 15.8. The highest BCUT2D eigenvalue weighted by Crippen LogP contribution is 2.27. The fourth-order valence-electron chi connectivity index (χ4n) is 3.10. The minimum Gasteiger partial charge on any atom is -0.466 e. The van der Waals surface area contributed by atoms with Crippen molar-refractivity contribution in [3.63, 3.8) is 0 Å². The van der Waals surface area contributed by atoms with Gasteiger partial charge in [0.15, 0.2) is 0 Å². The van der Waals surface area contributed by atoms with Crippen molar-refractivity contribution >= 4 is 23.5 Å². The maximum atomic E-state index is 12.8. The highest BCUT2D eigenvalue weighted by atomic mass is 16.5. The van der Waals surface area contributed by atoms with Crippen LogP contribution in [0.25, 0.3) is 0 Å². The average molecular weight is 390 g/mol. The number of hydrogen-bond acceptors (Lipinski definition) is 8. The van der Waals surface area contributed by atoms with Crippen molar-refractivity contribution in [1.82, 2.24) is 4.90 Å². The van der Waals surface area contributed by atoms with E-state index in [4.69, 9.17) is 18.9 Å². The summed E-state index contributed by atoms with van der Waals surface area (Å²) in [7, 11) is 2.46. The van der Waals surface area contributed by atoms with E-state index in [2.05, 4.69) is 0 Å². The number of amides is 1. The van der Waals surface area contributed by atoms with Crippen LogP contribution in [0.1, 0.15) is 10.4 Å². The number of hydrogen-bond donors (Lipinski definition) is 0. The Labute approximate surface area is 162 Å². The van der Waals surface area contributed by atoms with Gasteiger partial charge in [0.2, 0.25) is 0 Å². The Hall–Kier alpha value is -2.91. The predicted molar refractivity (Wildman–Crippen MR) is 97.5 cm³/mol. The van der Waals surface area contributed by atoms with Crippen LogP contribution in [-0.4, -0.2) is 76.6 Å². The molecule has 150 valence electrons. The van der Waals surface area contributed by atoms with Gasteiger partial charge >= 0.3 is 11.9 Å². The van der Waals surface area contributed by atoms with Crippen LogP contribution < -0.4 is 4.90 Å². The third-order valence-corrected chi connectivity index (χ3v) is 4.54. The van der Waals surface area contributed by atoms with Gasteiger partial charge in [-0.05, 0) is 18.2 Å². The summed E-state index contributed by atoms with van der Waals surface area (Å²) >= 11 is 0. The van der Waals surface area contributed by atoms with E-state index in [9.17, 15) is 14.4 Å². The van der Waals surface area contributed by atoms with Crippen molar-refractivity contribution in [1.29, 1.82) is 0 Å². The summed E-state index contributed by atoms with van der Waals surface area (Å²) in [4.78, 5) is 40.4. The largest absolute Gasteiger partial charge is 0.466 e. The van der Waals surface area contributed by atoms with Gasteiger partial charge in [0.05, 0.1) is 39.6 Å². The summed E-state index contributed by atoms with van der Waals surface area (Å²) < 4.78 is 20.3. The SMILES string of the molecule is COC(=O)C1=C(C(=O)OC)N(c2cccc(C(=O)N3CCOCC3)c2)COC1. The lowest BCUT2D eigenvalue weighted by molar-refractivity contribution is -0.140. The molecule has 1 aromatic carbocycles. The van der Waals surface area contributed by atoms with Crippen molar-refractivity contribution in [3.05, 3.63) is 41.1 Å². The number of carbonyl (C=O) groups is 3. The van der Waals surface area contributed by atoms with Crippen LogP contribution in [0.4, 0.5) is 5.69 Å². The van der Waals surface area contributed by atoms with E-state index in [0.29, 0.717) is 37.6 Å². The molecule has 9 nitrogen and oxygen atoms in total. The van der Waals surface area contributed by atoms with Crippen LogP contribution in [0.15, 0.2) is 35.5 Å². The molecule has 28 heavy (non-hydrogen) atoms. The first-order valence-electron chi connectivity index (χ1n) is 8.79. The van der Waals surface area contributed by atoms with Crippen LogP contribution in [0, 0.1) is 0 Å². The first kappa shape index (κ1) is 19.8. The molecule has 1 aromatic rings. The second-order valence-corrected chi connectivity index (χ2v) is 6.17. The molecular formula is C19H22N2O7. The van der Waals surface area contributed by atoms with Gasteiger partial charge in [0.25, 0.3) is 5.91 Å². The number of esters is 2. The molecule has 2 aliphatic heterocycles. The summed E-state index contributed by atoms with van der Waals surface area (Å²) in [5.41, 5.74) is 1.09. The maximum absolute atomic E-state index is 12.8. The fraction of sp³-hybridized carbons (Fsp3) is 0.421. The zero-order chi connectivity index (χ0) is 20.1. The average Bonchev–Trinajstić information content (AvgIpc) is 2.77. The van der Waals surface area contributed by atoms with Gasteiger partial charge < -0.3 is 28.7 Å². The standard InChI is InChI=1S/C19H22N2O7/c1-25-18(23)15-11-28-12-21(16(15)19(24)26-2)14-5-3-4-13(10-14)17(22)20-6-8-27-9-7-20/h3-5,10H,6-9,11-12H2,1-2H3. The summed E-state index contributed by atoms with van der Waals surface area (Å²) in [6.07, 6.45) is 0. The Morgan fingerprint density at radius 3 is 2.39 bits per heavy atom. The Morgan fingerprint density at radius 2 is 1.71 bits per heavy atom. The van der Waals surface area contributed by atoms with E-state index in [1.807, 2.05) is 0 Å². The van der Waals surface area contributed by atoms with E-state index in [1.165, 1.54) is 19.1 Å². The van der Waals surface area contributed by atoms with Crippen LogP contribution in [0.5, 0.6) is 0 Å². The quantitative estimate of drug-likeness (QED) is 0.688. The van der Waals surface area contributed by atoms with Crippen molar-refractivity contribution < 1.29 is 33.3 Å². The van der Waals surface area contributed by atoms with Gasteiger partial charge in [-0.2, -0.15) is 0 Å². The molecule has 1 fully saturated rings. The molecule has 3 rings (SSSR count). The molecule has 0 bridgehead atoms. The van der Waals surface area contributed by atoms with Gasteiger partial charge in [-0.3, -0.25) is 4.79 Å². The molecule has 0 N–H and O–H groups in total. The lowest BCUT2D eigenvalue weighted by atomic mass is 10.1. The van der Waals surface area contributed by atoms with Crippen molar-refractivity contribution in [2.45, 2.75) is 0 Å². The minimum absolute atomic E-state index is 0.0279. The fourth-order valence-corrected chi connectivity index (χ4v) is 3.10.